The summed E-state index contributed by atoms with van der Waals surface area (Å²) in [7, 11) is 0. The first-order chi connectivity index (χ1) is 7.72. The van der Waals surface area contributed by atoms with Gasteiger partial charge in [0.25, 0.3) is 0 Å². The number of nitrogens with two attached hydrogens (primary N) is 1. The van der Waals surface area contributed by atoms with Crippen LogP contribution in [0.25, 0.3) is 0 Å². The minimum Gasteiger partial charge on any atom is -0.486 e. The molecule has 0 saturated heterocycles. The number of rotatable bonds is 3. The molecule has 88 valence electrons. The van der Waals surface area contributed by atoms with Gasteiger partial charge in [0.05, 0.1) is 0 Å². The lowest BCUT2D eigenvalue weighted by molar-refractivity contribution is 0.170. The lowest BCUT2D eigenvalue weighted by atomic mass is 9.98. The third-order valence-corrected chi connectivity index (χ3v) is 2.80. The summed E-state index contributed by atoms with van der Waals surface area (Å²) in [6.07, 6.45) is 1.84. The zero-order valence-electron chi connectivity index (χ0n) is 9.95. The SMILES string of the molecule is CCc1c(CC(C)N)ccc2c1OCCO2. The maximum Gasteiger partial charge on any atom is 0.164 e. The fourth-order valence-electron chi connectivity index (χ4n) is 2.14. The number of hydrogen-bond donors (Lipinski definition) is 1. The molecule has 16 heavy (non-hydrogen) atoms. The topological polar surface area (TPSA) is 44.5 Å². The third kappa shape index (κ3) is 2.14. The van der Waals surface area contributed by atoms with Crippen molar-refractivity contribution in [2.75, 3.05) is 13.2 Å². The molecule has 0 bridgehead atoms. The summed E-state index contributed by atoms with van der Waals surface area (Å²) in [4.78, 5) is 0. The van der Waals surface area contributed by atoms with Crippen LogP contribution in [0.4, 0.5) is 0 Å². The van der Waals surface area contributed by atoms with Gasteiger partial charge in [-0.05, 0) is 31.4 Å². The van der Waals surface area contributed by atoms with Gasteiger partial charge >= 0.3 is 0 Å². The predicted octanol–water partition coefficient (Wildman–Crippen LogP) is 1.91. The largest absolute Gasteiger partial charge is 0.486 e. The van der Waals surface area contributed by atoms with E-state index in [0.29, 0.717) is 13.2 Å². The van der Waals surface area contributed by atoms with Crippen LogP contribution < -0.4 is 15.2 Å². The van der Waals surface area contributed by atoms with Crippen LogP contribution in [0.3, 0.4) is 0 Å². The van der Waals surface area contributed by atoms with Crippen molar-refractivity contribution in [2.24, 2.45) is 5.73 Å². The van der Waals surface area contributed by atoms with Crippen LogP contribution >= 0.6 is 0 Å². The molecule has 3 heteroatoms. The predicted molar refractivity (Wildman–Crippen MR) is 64.2 cm³/mol. The average Bonchev–Trinajstić information content (AvgIpc) is 2.28. The summed E-state index contributed by atoms with van der Waals surface area (Å²) in [5.74, 6) is 1.79. The van der Waals surface area contributed by atoms with E-state index in [1.165, 1.54) is 11.1 Å². The highest BCUT2D eigenvalue weighted by Crippen LogP contribution is 2.36. The quantitative estimate of drug-likeness (QED) is 0.848. The smallest absolute Gasteiger partial charge is 0.164 e. The minimum atomic E-state index is 0.174. The van der Waals surface area contributed by atoms with Gasteiger partial charge in [-0.15, -0.1) is 0 Å². The lowest BCUT2D eigenvalue weighted by Gasteiger charge is -2.23. The molecule has 3 nitrogen and oxygen atoms in total. The van der Waals surface area contributed by atoms with Gasteiger partial charge in [-0.2, -0.15) is 0 Å². The van der Waals surface area contributed by atoms with Crippen LogP contribution in [0.15, 0.2) is 12.1 Å². The molecular formula is C13H19NO2. The molecule has 1 heterocycles. The Morgan fingerprint density at radius 3 is 2.75 bits per heavy atom. The van der Waals surface area contributed by atoms with Crippen LogP contribution in [0.1, 0.15) is 25.0 Å². The van der Waals surface area contributed by atoms with Crippen molar-refractivity contribution >= 4 is 0 Å². The van der Waals surface area contributed by atoms with E-state index < -0.39 is 0 Å². The van der Waals surface area contributed by atoms with Crippen LogP contribution in [-0.4, -0.2) is 19.3 Å². The van der Waals surface area contributed by atoms with E-state index in [-0.39, 0.29) is 6.04 Å². The highest BCUT2D eigenvalue weighted by molar-refractivity contribution is 5.51. The molecule has 1 aromatic carbocycles. The Balaban J connectivity index is 2.39. The monoisotopic (exact) mass is 221 g/mol. The van der Waals surface area contributed by atoms with Gasteiger partial charge in [0.15, 0.2) is 11.5 Å². The number of hydrogen-bond acceptors (Lipinski definition) is 3. The molecule has 2 rings (SSSR count). The fourth-order valence-corrected chi connectivity index (χ4v) is 2.14. The third-order valence-electron chi connectivity index (χ3n) is 2.80. The summed E-state index contributed by atoms with van der Waals surface area (Å²) in [6.45, 7) is 5.44. The average molecular weight is 221 g/mol. The molecule has 1 aliphatic heterocycles. The zero-order chi connectivity index (χ0) is 11.5. The summed E-state index contributed by atoms with van der Waals surface area (Å²) < 4.78 is 11.3. The molecule has 0 spiro atoms. The summed E-state index contributed by atoms with van der Waals surface area (Å²) in [5, 5.41) is 0. The molecule has 0 aliphatic carbocycles. The second-order valence-electron chi connectivity index (χ2n) is 4.26. The molecule has 0 aromatic heterocycles. The van der Waals surface area contributed by atoms with Gasteiger partial charge in [-0.25, -0.2) is 0 Å². The highest BCUT2D eigenvalue weighted by Gasteiger charge is 2.18. The molecule has 0 amide bonds. The van der Waals surface area contributed by atoms with Crippen molar-refractivity contribution in [2.45, 2.75) is 32.7 Å². The van der Waals surface area contributed by atoms with E-state index in [9.17, 15) is 0 Å². The molecule has 0 radical (unpaired) electrons. The minimum absolute atomic E-state index is 0.174. The molecule has 1 unspecified atom stereocenters. The highest BCUT2D eigenvalue weighted by atomic mass is 16.6. The van der Waals surface area contributed by atoms with Crippen LogP contribution in [0, 0.1) is 0 Å². The standard InChI is InChI=1S/C13H19NO2/c1-3-11-10(8-9(2)14)4-5-12-13(11)16-7-6-15-12/h4-5,9H,3,6-8,14H2,1-2H3. The molecule has 1 aromatic rings. The first kappa shape index (κ1) is 11.3. The van der Waals surface area contributed by atoms with Crippen molar-refractivity contribution in [3.8, 4) is 11.5 Å². The van der Waals surface area contributed by atoms with E-state index in [1.807, 2.05) is 13.0 Å². The zero-order valence-corrected chi connectivity index (χ0v) is 9.95. The molecule has 2 N–H and O–H groups in total. The van der Waals surface area contributed by atoms with E-state index in [1.54, 1.807) is 0 Å². The van der Waals surface area contributed by atoms with Gasteiger partial charge in [0, 0.05) is 11.6 Å². The normalized spacial score (nSPS) is 15.9. The van der Waals surface area contributed by atoms with E-state index in [0.717, 1.165) is 24.3 Å². The Labute approximate surface area is 96.5 Å². The Hall–Kier alpha value is -1.22. The Kier molecular flexibility index (Phi) is 3.34. The van der Waals surface area contributed by atoms with Gasteiger partial charge in [0.2, 0.25) is 0 Å². The Morgan fingerprint density at radius 2 is 2.06 bits per heavy atom. The molecule has 0 fully saturated rings. The van der Waals surface area contributed by atoms with Crippen LogP contribution in [0.5, 0.6) is 11.5 Å². The van der Waals surface area contributed by atoms with Crippen molar-refractivity contribution < 1.29 is 9.47 Å². The Bertz CT molecular complexity index is 374. The van der Waals surface area contributed by atoms with Gasteiger partial charge in [0.1, 0.15) is 13.2 Å². The van der Waals surface area contributed by atoms with Crippen molar-refractivity contribution in [3.05, 3.63) is 23.3 Å². The van der Waals surface area contributed by atoms with Gasteiger partial charge in [-0.3, -0.25) is 0 Å². The second-order valence-corrected chi connectivity index (χ2v) is 4.26. The second kappa shape index (κ2) is 4.74. The maximum absolute atomic E-state index is 5.85. The van der Waals surface area contributed by atoms with Crippen molar-refractivity contribution in [1.82, 2.24) is 0 Å². The number of benzene rings is 1. The first-order valence-corrected chi connectivity index (χ1v) is 5.88. The van der Waals surface area contributed by atoms with Crippen LogP contribution in [0.2, 0.25) is 0 Å². The summed E-state index contributed by atoms with van der Waals surface area (Å²) >= 11 is 0. The van der Waals surface area contributed by atoms with E-state index in [2.05, 4.69) is 13.0 Å². The number of ether oxygens (including phenoxy) is 2. The van der Waals surface area contributed by atoms with Gasteiger partial charge in [-0.1, -0.05) is 13.0 Å². The molecule has 1 aliphatic rings. The van der Waals surface area contributed by atoms with Gasteiger partial charge < -0.3 is 15.2 Å². The van der Waals surface area contributed by atoms with Crippen molar-refractivity contribution in [1.29, 1.82) is 0 Å². The molecular weight excluding hydrogens is 202 g/mol. The van der Waals surface area contributed by atoms with Crippen LogP contribution in [-0.2, 0) is 12.8 Å². The molecule has 1 atom stereocenters. The summed E-state index contributed by atoms with van der Waals surface area (Å²) in [5.41, 5.74) is 8.38. The number of fused-ring (bicyclic) bond motifs is 1. The fraction of sp³-hybridized carbons (Fsp3) is 0.538. The van der Waals surface area contributed by atoms with E-state index >= 15 is 0 Å². The lowest BCUT2D eigenvalue weighted by Crippen LogP contribution is -2.21. The van der Waals surface area contributed by atoms with E-state index in [4.69, 9.17) is 15.2 Å². The maximum atomic E-state index is 5.85. The Morgan fingerprint density at radius 1 is 1.31 bits per heavy atom. The molecule has 0 saturated carbocycles. The first-order valence-electron chi connectivity index (χ1n) is 5.88. The summed E-state index contributed by atoms with van der Waals surface area (Å²) in [6, 6.07) is 4.27. The van der Waals surface area contributed by atoms with Crippen molar-refractivity contribution in [3.63, 3.8) is 0 Å².